The van der Waals surface area contributed by atoms with Crippen LogP contribution in [0.3, 0.4) is 0 Å². The minimum absolute atomic E-state index is 0.913. The number of rotatable bonds is 1. The summed E-state index contributed by atoms with van der Waals surface area (Å²) >= 11 is 0. The molecular weight excluding hydrogens is 214 g/mol. The van der Waals surface area contributed by atoms with E-state index in [1.165, 1.54) is 0 Å². The maximum absolute atomic E-state index is 5.53. The fourth-order valence-electron chi connectivity index (χ4n) is 2.13. The van der Waals surface area contributed by atoms with Crippen molar-refractivity contribution in [2.75, 3.05) is 0 Å². The number of fused-ring (bicyclic) bond motifs is 1. The summed E-state index contributed by atoms with van der Waals surface area (Å²) in [6.07, 6.45) is 5.49. The average Bonchev–Trinajstić information content (AvgIpc) is 2.91. The molecule has 0 radical (unpaired) electrons. The Balaban J connectivity index is 2.33. The molecule has 0 N–H and O–H groups in total. The van der Waals surface area contributed by atoms with E-state index >= 15 is 0 Å². The summed E-state index contributed by atoms with van der Waals surface area (Å²) in [5.41, 5.74) is 4.92. The largest absolute Gasteiger partial charge is 0.464 e. The highest BCUT2D eigenvalue weighted by Gasteiger charge is 2.13. The molecule has 0 aromatic carbocycles. The minimum Gasteiger partial charge on any atom is -0.464 e. The number of hydrogen-bond donors (Lipinski definition) is 0. The zero-order valence-corrected chi connectivity index (χ0v) is 10.1. The molecule has 0 saturated carbocycles. The lowest BCUT2D eigenvalue weighted by molar-refractivity contribution is 0.613. The summed E-state index contributed by atoms with van der Waals surface area (Å²) in [6, 6.07) is 1.96. The summed E-state index contributed by atoms with van der Waals surface area (Å²) in [7, 11) is 1.90. The van der Waals surface area contributed by atoms with Gasteiger partial charge in [0.05, 0.1) is 18.2 Å². The molecule has 3 aromatic rings. The molecule has 0 atom stereocenters. The SMILES string of the molecule is Cc1nc(-c2cnn(C)c2)c(C)c2occc12. The third-order valence-electron chi connectivity index (χ3n) is 3.01. The first-order valence-electron chi connectivity index (χ1n) is 5.50. The summed E-state index contributed by atoms with van der Waals surface area (Å²) in [5.74, 6) is 0. The molecule has 3 aromatic heterocycles. The third-order valence-corrected chi connectivity index (χ3v) is 3.01. The van der Waals surface area contributed by atoms with Crippen molar-refractivity contribution in [3.8, 4) is 11.3 Å². The minimum atomic E-state index is 0.913. The Bertz CT molecular complexity index is 694. The van der Waals surface area contributed by atoms with Crippen LogP contribution in [0.25, 0.3) is 22.2 Å². The van der Waals surface area contributed by atoms with Crippen molar-refractivity contribution in [2.45, 2.75) is 13.8 Å². The van der Waals surface area contributed by atoms with E-state index in [0.717, 1.165) is 33.5 Å². The van der Waals surface area contributed by atoms with Gasteiger partial charge in [-0.25, -0.2) is 0 Å². The molecule has 0 aliphatic rings. The maximum Gasteiger partial charge on any atom is 0.140 e. The fraction of sp³-hybridized carbons (Fsp3) is 0.231. The van der Waals surface area contributed by atoms with Crippen LogP contribution in [0.1, 0.15) is 11.3 Å². The Hall–Kier alpha value is -2.10. The van der Waals surface area contributed by atoms with Gasteiger partial charge in [-0.15, -0.1) is 0 Å². The summed E-state index contributed by atoms with van der Waals surface area (Å²) in [4.78, 5) is 4.64. The van der Waals surface area contributed by atoms with E-state index in [9.17, 15) is 0 Å². The highest BCUT2D eigenvalue weighted by molar-refractivity contribution is 5.87. The molecular formula is C13H13N3O. The number of aryl methyl sites for hydroxylation is 3. The first-order valence-corrected chi connectivity index (χ1v) is 5.50. The smallest absolute Gasteiger partial charge is 0.140 e. The summed E-state index contributed by atoms with van der Waals surface area (Å²) < 4.78 is 7.31. The van der Waals surface area contributed by atoms with Crippen LogP contribution in [0.4, 0.5) is 0 Å². The van der Waals surface area contributed by atoms with Crippen molar-refractivity contribution < 1.29 is 4.42 Å². The number of nitrogens with zero attached hydrogens (tertiary/aromatic N) is 3. The lowest BCUT2D eigenvalue weighted by Gasteiger charge is -2.05. The first kappa shape index (κ1) is 10.1. The van der Waals surface area contributed by atoms with Gasteiger partial charge in [-0.05, 0) is 19.9 Å². The fourth-order valence-corrected chi connectivity index (χ4v) is 2.13. The maximum atomic E-state index is 5.53. The number of furan rings is 1. The van der Waals surface area contributed by atoms with Gasteiger partial charge in [0, 0.05) is 35.5 Å². The number of aromatic nitrogens is 3. The molecule has 0 spiro atoms. The molecule has 17 heavy (non-hydrogen) atoms. The van der Waals surface area contributed by atoms with E-state index in [2.05, 4.69) is 10.1 Å². The average molecular weight is 227 g/mol. The van der Waals surface area contributed by atoms with E-state index in [4.69, 9.17) is 4.42 Å². The number of pyridine rings is 1. The van der Waals surface area contributed by atoms with Crippen LogP contribution in [-0.4, -0.2) is 14.8 Å². The predicted octanol–water partition coefficient (Wildman–Crippen LogP) is 2.85. The van der Waals surface area contributed by atoms with Gasteiger partial charge in [0.1, 0.15) is 5.58 Å². The van der Waals surface area contributed by atoms with Gasteiger partial charge < -0.3 is 4.42 Å². The molecule has 0 amide bonds. The molecule has 0 saturated heterocycles. The van der Waals surface area contributed by atoms with E-state index < -0.39 is 0 Å². The van der Waals surface area contributed by atoms with Crippen molar-refractivity contribution >= 4 is 11.0 Å². The molecule has 0 bridgehead atoms. The van der Waals surface area contributed by atoms with E-state index in [1.807, 2.05) is 39.4 Å². The molecule has 0 aliphatic carbocycles. The third kappa shape index (κ3) is 1.45. The Morgan fingerprint density at radius 1 is 1.29 bits per heavy atom. The van der Waals surface area contributed by atoms with E-state index in [1.54, 1.807) is 10.9 Å². The standard InChI is InChI=1S/C13H13N3O/c1-8-12(10-6-14-16(3)7-10)15-9(2)11-4-5-17-13(8)11/h4-7H,1-3H3. The van der Waals surface area contributed by atoms with Gasteiger partial charge in [0.15, 0.2) is 0 Å². The quantitative estimate of drug-likeness (QED) is 0.642. The topological polar surface area (TPSA) is 43.9 Å². The highest BCUT2D eigenvalue weighted by atomic mass is 16.3. The van der Waals surface area contributed by atoms with E-state index in [-0.39, 0.29) is 0 Å². The highest BCUT2D eigenvalue weighted by Crippen LogP contribution is 2.29. The van der Waals surface area contributed by atoms with Crippen LogP contribution in [0.15, 0.2) is 29.1 Å². The molecule has 3 heterocycles. The Labute approximate surface area is 98.9 Å². The normalized spacial score (nSPS) is 11.2. The van der Waals surface area contributed by atoms with Gasteiger partial charge in [0.25, 0.3) is 0 Å². The van der Waals surface area contributed by atoms with Crippen LogP contribution in [-0.2, 0) is 7.05 Å². The monoisotopic (exact) mass is 227 g/mol. The van der Waals surface area contributed by atoms with Crippen LogP contribution < -0.4 is 0 Å². The Morgan fingerprint density at radius 3 is 2.82 bits per heavy atom. The van der Waals surface area contributed by atoms with Crippen LogP contribution >= 0.6 is 0 Å². The zero-order valence-electron chi connectivity index (χ0n) is 10.1. The van der Waals surface area contributed by atoms with Crippen molar-refractivity contribution in [1.82, 2.24) is 14.8 Å². The predicted molar refractivity (Wildman–Crippen MR) is 65.7 cm³/mol. The van der Waals surface area contributed by atoms with Crippen molar-refractivity contribution in [1.29, 1.82) is 0 Å². The van der Waals surface area contributed by atoms with Gasteiger partial charge in [-0.2, -0.15) is 5.10 Å². The molecule has 3 rings (SSSR count). The summed E-state index contributed by atoms with van der Waals surface area (Å²) in [6.45, 7) is 4.03. The van der Waals surface area contributed by atoms with Crippen LogP contribution in [0.5, 0.6) is 0 Å². The van der Waals surface area contributed by atoms with Gasteiger partial charge in [-0.1, -0.05) is 0 Å². The zero-order chi connectivity index (χ0) is 12.0. The van der Waals surface area contributed by atoms with E-state index in [0.29, 0.717) is 0 Å². The van der Waals surface area contributed by atoms with Crippen LogP contribution in [0.2, 0.25) is 0 Å². The Morgan fingerprint density at radius 2 is 2.12 bits per heavy atom. The molecule has 0 unspecified atom stereocenters. The second-order valence-corrected chi connectivity index (χ2v) is 4.24. The van der Waals surface area contributed by atoms with Crippen LogP contribution in [0, 0.1) is 13.8 Å². The van der Waals surface area contributed by atoms with Gasteiger partial charge in [0.2, 0.25) is 0 Å². The Kier molecular flexibility index (Phi) is 2.04. The summed E-state index contributed by atoms with van der Waals surface area (Å²) in [5, 5.41) is 5.26. The van der Waals surface area contributed by atoms with Crippen molar-refractivity contribution in [2.24, 2.45) is 7.05 Å². The molecule has 0 aliphatic heterocycles. The molecule has 0 fully saturated rings. The van der Waals surface area contributed by atoms with Crippen molar-refractivity contribution in [3.63, 3.8) is 0 Å². The number of hydrogen-bond acceptors (Lipinski definition) is 3. The van der Waals surface area contributed by atoms with Gasteiger partial charge in [-0.3, -0.25) is 9.67 Å². The molecule has 4 nitrogen and oxygen atoms in total. The first-order chi connectivity index (χ1) is 8.16. The second-order valence-electron chi connectivity index (χ2n) is 4.24. The second kappa shape index (κ2) is 3.45. The van der Waals surface area contributed by atoms with Gasteiger partial charge >= 0.3 is 0 Å². The molecule has 4 heteroatoms. The van der Waals surface area contributed by atoms with Crippen molar-refractivity contribution in [3.05, 3.63) is 36.0 Å². The molecule has 86 valence electrons. The lowest BCUT2D eigenvalue weighted by Crippen LogP contribution is -1.92. The lowest BCUT2D eigenvalue weighted by atomic mass is 10.1.